The van der Waals surface area contributed by atoms with E-state index in [2.05, 4.69) is 5.10 Å². The Labute approximate surface area is 113 Å². The average molecular weight is 289 g/mol. The Hall–Kier alpha value is -1.49. The predicted octanol–water partition coefficient (Wildman–Crippen LogP) is 4.25. The van der Waals surface area contributed by atoms with Gasteiger partial charge < -0.3 is 0 Å². The summed E-state index contributed by atoms with van der Waals surface area (Å²) in [6.07, 6.45) is -0.973. The molecule has 0 N–H and O–H groups in total. The van der Waals surface area contributed by atoms with Crippen LogP contribution in [-0.4, -0.2) is 9.78 Å². The third-order valence-electron chi connectivity index (χ3n) is 2.71. The van der Waals surface area contributed by atoms with Crippen molar-refractivity contribution in [1.29, 1.82) is 0 Å². The zero-order valence-corrected chi connectivity index (χ0v) is 10.9. The van der Waals surface area contributed by atoms with E-state index in [9.17, 15) is 13.2 Å². The highest BCUT2D eigenvalue weighted by atomic mass is 35.5. The molecular weight excluding hydrogens is 277 g/mol. The van der Waals surface area contributed by atoms with Crippen molar-refractivity contribution in [2.75, 3.05) is 0 Å². The number of rotatable bonds is 3. The number of benzene rings is 1. The lowest BCUT2D eigenvalue weighted by atomic mass is 10.1. The highest BCUT2D eigenvalue weighted by Crippen LogP contribution is 2.29. The van der Waals surface area contributed by atoms with Gasteiger partial charge in [0, 0.05) is 11.8 Å². The van der Waals surface area contributed by atoms with Gasteiger partial charge in [-0.05, 0) is 24.6 Å². The van der Waals surface area contributed by atoms with Gasteiger partial charge in [-0.1, -0.05) is 12.1 Å². The monoisotopic (exact) mass is 288 g/mol. The van der Waals surface area contributed by atoms with E-state index in [4.69, 9.17) is 11.6 Å². The van der Waals surface area contributed by atoms with Gasteiger partial charge in [0.25, 0.3) is 0 Å². The fourth-order valence-corrected chi connectivity index (χ4v) is 1.82. The van der Waals surface area contributed by atoms with Crippen LogP contribution >= 0.6 is 11.6 Å². The molecule has 1 atom stereocenters. The fraction of sp³-hybridized carbons (Fsp3) is 0.308. The highest BCUT2D eigenvalue weighted by Gasteiger charge is 2.30. The number of aromatic nitrogens is 2. The van der Waals surface area contributed by atoms with Gasteiger partial charge in [0.1, 0.15) is 0 Å². The Morgan fingerprint density at radius 1 is 1.37 bits per heavy atom. The minimum absolute atomic E-state index is 0.171. The van der Waals surface area contributed by atoms with Gasteiger partial charge in [-0.15, -0.1) is 11.6 Å². The molecule has 2 nitrogen and oxygen atoms in total. The molecule has 0 bridgehead atoms. The summed E-state index contributed by atoms with van der Waals surface area (Å²) in [6, 6.07) is 5.22. The molecule has 0 aliphatic carbocycles. The van der Waals surface area contributed by atoms with Crippen LogP contribution in [0.25, 0.3) is 0 Å². The van der Waals surface area contributed by atoms with Gasteiger partial charge in [0.15, 0.2) is 0 Å². The van der Waals surface area contributed by atoms with Gasteiger partial charge in [0.2, 0.25) is 0 Å². The summed E-state index contributed by atoms with van der Waals surface area (Å²) in [7, 11) is 0. The van der Waals surface area contributed by atoms with Crippen molar-refractivity contribution < 1.29 is 13.2 Å². The zero-order chi connectivity index (χ0) is 14.0. The van der Waals surface area contributed by atoms with Crippen molar-refractivity contribution in [2.45, 2.75) is 25.0 Å². The normalized spacial score (nSPS) is 13.5. The van der Waals surface area contributed by atoms with E-state index >= 15 is 0 Å². The fourth-order valence-electron chi connectivity index (χ4n) is 1.70. The minimum atomic E-state index is -4.32. The second-order valence-corrected chi connectivity index (χ2v) is 4.94. The largest absolute Gasteiger partial charge is 0.416 e. The van der Waals surface area contributed by atoms with Crippen molar-refractivity contribution in [3.05, 3.63) is 53.3 Å². The Balaban J connectivity index is 2.19. The van der Waals surface area contributed by atoms with E-state index in [1.54, 1.807) is 23.1 Å². The molecule has 2 aromatic rings. The van der Waals surface area contributed by atoms with Crippen LogP contribution in [-0.2, 0) is 12.7 Å². The molecule has 0 fully saturated rings. The molecule has 1 aromatic heterocycles. The van der Waals surface area contributed by atoms with Gasteiger partial charge in [-0.2, -0.15) is 18.3 Å². The maximum Gasteiger partial charge on any atom is 0.416 e. The smallest absolute Gasteiger partial charge is 0.268 e. The second-order valence-electron chi connectivity index (χ2n) is 4.29. The first-order valence-electron chi connectivity index (χ1n) is 5.69. The molecule has 102 valence electrons. The Bertz CT molecular complexity index is 561. The predicted molar refractivity (Wildman–Crippen MR) is 67.0 cm³/mol. The van der Waals surface area contributed by atoms with E-state index in [-0.39, 0.29) is 11.9 Å². The zero-order valence-electron chi connectivity index (χ0n) is 10.2. The van der Waals surface area contributed by atoms with Crippen molar-refractivity contribution in [1.82, 2.24) is 9.78 Å². The summed E-state index contributed by atoms with van der Waals surface area (Å²) in [5.41, 5.74) is 0.739. The molecule has 0 spiro atoms. The maximum atomic E-state index is 12.6. The molecule has 19 heavy (non-hydrogen) atoms. The second kappa shape index (κ2) is 5.25. The first-order valence-corrected chi connectivity index (χ1v) is 6.12. The van der Waals surface area contributed by atoms with Crippen LogP contribution in [0.15, 0.2) is 36.7 Å². The van der Waals surface area contributed by atoms with Crippen LogP contribution in [0.3, 0.4) is 0 Å². The van der Waals surface area contributed by atoms with Crippen LogP contribution in [0.1, 0.15) is 29.0 Å². The molecule has 1 heterocycles. The molecule has 0 saturated heterocycles. The number of halogens is 4. The number of nitrogens with zero attached hydrogens (tertiary/aromatic N) is 2. The van der Waals surface area contributed by atoms with E-state index in [1.807, 2.05) is 6.92 Å². The molecule has 0 radical (unpaired) electrons. The molecule has 1 aromatic carbocycles. The van der Waals surface area contributed by atoms with E-state index in [1.165, 1.54) is 6.07 Å². The Morgan fingerprint density at radius 2 is 2.11 bits per heavy atom. The lowest BCUT2D eigenvalue weighted by Crippen LogP contribution is -2.07. The number of alkyl halides is 4. The highest BCUT2D eigenvalue weighted by molar-refractivity contribution is 6.20. The van der Waals surface area contributed by atoms with Gasteiger partial charge in [-0.3, -0.25) is 4.68 Å². The third-order valence-corrected chi connectivity index (χ3v) is 2.96. The van der Waals surface area contributed by atoms with Crippen LogP contribution < -0.4 is 0 Å². The van der Waals surface area contributed by atoms with Crippen molar-refractivity contribution in [3.63, 3.8) is 0 Å². The molecule has 2 rings (SSSR count). The van der Waals surface area contributed by atoms with Gasteiger partial charge >= 0.3 is 6.18 Å². The van der Waals surface area contributed by atoms with Crippen molar-refractivity contribution in [2.24, 2.45) is 0 Å². The molecule has 0 amide bonds. The topological polar surface area (TPSA) is 17.8 Å². The van der Waals surface area contributed by atoms with E-state index in [0.29, 0.717) is 5.56 Å². The lowest BCUT2D eigenvalue weighted by molar-refractivity contribution is -0.137. The molecular formula is C13H12ClF3N2. The van der Waals surface area contributed by atoms with Crippen LogP contribution in [0.5, 0.6) is 0 Å². The standard InChI is InChI=1S/C13H12ClF3N2/c1-9(14)11-6-18-19(8-11)7-10-3-2-4-12(5-10)13(15,16)17/h2-6,8-9H,7H2,1H3. The van der Waals surface area contributed by atoms with E-state index < -0.39 is 11.7 Å². The van der Waals surface area contributed by atoms with Crippen LogP contribution in [0.4, 0.5) is 13.2 Å². The average Bonchev–Trinajstić information content (AvgIpc) is 2.77. The summed E-state index contributed by atoms with van der Waals surface area (Å²) in [4.78, 5) is 0. The summed E-state index contributed by atoms with van der Waals surface area (Å²) in [6.45, 7) is 2.10. The Kier molecular flexibility index (Phi) is 3.85. The Morgan fingerprint density at radius 3 is 2.68 bits per heavy atom. The SMILES string of the molecule is CC(Cl)c1cnn(Cc2cccc(C(F)(F)F)c2)c1. The summed E-state index contributed by atoms with van der Waals surface area (Å²) in [5.74, 6) is 0. The van der Waals surface area contributed by atoms with Gasteiger partial charge in [0.05, 0.1) is 23.7 Å². The lowest BCUT2D eigenvalue weighted by Gasteiger charge is -2.08. The van der Waals surface area contributed by atoms with Crippen LogP contribution in [0.2, 0.25) is 0 Å². The first-order chi connectivity index (χ1) is 8.86. The maximum absolute atomic E-state index is 12.6. The summed E-state index contributed by atoms with van der Waals surface area (Å²) >= 11 is 5.90. The molecule has 0 saturated carbocycles. The first kappa shape index (κ1) is 13.9. The number of hydrogen-bond acceptors (Lipinski definition) is 1. The minimum Gasteiger partial charge on any atom is -0.268 e. The molecule has 0 aliphatic rings. The quantitative estimate of drug-likeness (QED) is 0.772. The third kappa shape index (κ3) is 3.50. The van der Waals surface area contributed by atoms with Gasteiger partial charge in [-0.25, -0.2) is 0 Å². The number of hydrogen-bond donors (Lipinski definition) is 0. The van der Waals surface area contributed by atoms with Crippen molar-refractivity contribution in [3.8, 4) is 0 Å². The van der Waals surface area contributed by atoms with E-state index in [0.717, 1.165) is 17.7 Å². The molecule has 6 heteroatoms. The molecule has 1 unspecified atom stereocenters. The van der Waals surface area contributed by atoms with Crippen LogP contribution in [0, 0.1) is 0 Å². The summed E-state index contributed by atoms with van der Waals surface area (Å²) in [5, 5.41) is 3.90. The van der Waals surface area contributed by atoms with Crippen molar-refractivity contribution >= 4 is 11.6 Å². The molecule has 0 aliphatic heterocycles. The summed E-state index contributed by atoms with van der Waals surface area (Å²) < 4.78 is 39.3.